The number of rotatable bonds is 6. The summed E-state index contributed by atoms with van der Waals surface area (Å²) in [6.45, 7) is 0.777. The van der Waals surface area contributed by atoms with Gasteiger partial charge in [0.05, 0.1) is 13.2 Å². The SMILES string of the molecule is O=[N+]([O-])c1cn2c(n1)OC[C@@H](OCc1ccc(-c3ccc(OC(F)(F)F)cc3)c(Cl)c1)C2. The fourth-order valence-electron chi connectivity index (χ4n) is 3.19. The highest BCUT2D eigenvalue weighted by molar-refractivity contribution is 6.33. The number of nitrogens with zero attached hydrogens (tertiary/aromatic N) is 3. The predicted octanol–water partition coefficient (Wildman–Crippen LogP) is 4.99. The van der Waals surface area contributed by atoms with Gasteiger partial charge in [0.2, 0.25) is 0 Å². The Balaban J connectivity index is 1.38. The Labute approximate surface area is 184 Å². The van der Waals surface area contributed by atoms with Crippen LogP contribution in [0.4, 0.5) is 19.0 Å². The van der Waals surface area contributed by atoms with E-state index < -0.39 is 11.3 Å². The second-order valence-corrected chi connectivity index (χ2v) is 7.33. The van der Waals surface area contributed by atoms with Gasteiger partial charge in [-0.15, -0.1) is 13.2 Å². The number of alkyl halides is 3. The van der Waals surface area contributed by atoms with Gasteiger partial charge in [-0.1, -0.05) is 35.9 Å². The topological polar surface area (TPSA) is 88.7 Å². The van der Waals surface area contributed by atoms with Crippen LogP contribution < -0.4 is 9.47 Å². The van der Waals surface area contributed by atoms with Gasteiger partial charge < -0.3 is 24.3 Å². The Morgan fingerprint density at radius 1 is 1.25 bits per heavy atom. The third-order valence-corrected chi connectivity index (χ3v) is 4.94. The molecule has 0 saturated carbocycles. The molecule has 2 heterocycles. The highest BCUT2D eigenvalue weighted by atomic mass is 35.5. The van der Waals surface area contributed by atoms with Crippen LogP contribution in [0.15, 0.2) is 48.7 Å². The van der Waals surface area contributed by atoms with Crippen molar-refractivity contribution in [1.29, 1.82) is 0 Å². The van der Waals surface area contributed by atoms with Crippen LogP contribution in [0.2, 0.25) is 5.02 Å². The average molecular weight is 470 g/mol. The lowest BCUT2D eigenvalue weighted by atomic mass is 10.0. The molecule has 4 rings (SSSR count). The van der Waals surface area contributed by atoms with E-state index in [0.29, 0.717) is 22.7 Å². The van der Waals surface area contributed by atoms with Crippen LogP contribution in [0.1, 0.15) is 5.56 Å². The largest absolute Gasteiger partial charge is 0.573 e. The molecule has 3 aromatic rings. The number of fused-ring (bicyclic) bond motifs is 1. The number of benzene rings is 2. The first kappa shape index (κ1) is 21.9. The van der Waals surface area contributed by atoms with E-state index in [1.807, 2.05) is 0 Å². The lowest BCUT2D eigenvalue weighted by Crippen LogP contribution is -2.32. The van der Waals surface area contributed by atoms with E-state index in [0.717, 1.165) is 5.56 Å². The summed E-state index contributed by atoms with van der Waals surface area (Å²) in [6.07, 6.45) is -3.80. The second kappa shape index (κ2) is 8.67. The summed E-state index contributed by atoms with van der Waals surface area (Å²) in [7, 11) is 0. The molecule has 12 heteroatoms. The molecule has 168 valence electrons. The molecule has 0 unspecified atom stereocenters. The first-order valence-electron chi connectivity index (χ1n) is 9.28. The van der Waals surface area contributed by atoms with Gasteiger partial charge in [0.15, 0.2) is 0 Å². The number of hydrogen-bond donors (Lipinski definition) is 0. The van der Waals surface area contributed by atoms with Crippen molar-refractivity contribution in [3.8, 4) is 22.9 Å². The van der Waals surface area contributed by atoms with E-state index in [1.54, 1.807) is 18.2 Å². The predicted molar refractivity (Wildman–Crippen MR) is 107 cm³/mol. The maximum absolute atomic E-state index is 12.3. The minimum Gasteiger partial charge on any atom is -0.443 e. The minimum absolute atomic E-state index is 0.176. The fraction of sp³-hybridized carbons (Fsp3) is 0.250. The maximum atomic E-state index is 12.3. The Kier molecular flexibility index (Phi) is 5.94. The van der Waals surface area contributed by atoms with Crippen molar-refractivity contribution in [3.05, 3.63) is 69.4 Å². The van der Waals surface area contributed by atoms with Crippen molar-refractivity contribution in [2.45, 2.75) is 25.6 Å². The van der Waals surface area contributed by atoms with E-state index in [2.05, 4.69) is 9.72 Å². The van der Waals surface area contributed by atoms with Crippen LogP contribution >= 0.6 is 11.6 Å². The van der Waals surface area contributed by atoms with E-state index in [-0.39, 0.29) is 36.9 Å². The molecular formula is C20H15ClF3N3O5. The van der Waals surface area contributed by atoms with E-state index >= 15 is 0 Å². The maximum Gasteiger partial charge on any atom is 0.573 e. The van der Waals surface area contributed by atoms with Gasteiger partial charge in [0.1, 0.15) is 24.7 Å². The van der Waals surface area contributed by atoms with Crippen molar-refractivity contribution in [3.63, 3.8) is 0 Å². The Hall–Kier alpha value is -3.31. The average Bonchev–Trinajstić information content (AvgIpc) is 3.16. The summed E-state index contributed by atoms with van der Waals surface area (Å²) in [4.78, 5) is 14.0. The van der Waals surface area contributed by atoms with Crippen molar-refractivity contribution in [1.82, 2.24) is 9.55 Å². The molecule has 1 aliphatic rings. The first-order chi connectivity index (χ1) is 15.2. The Morgan fingerprint density at radius 2 is 2.00 bits per heavy atom. The van der Waals surface area contributed by atoms with Crippen LogP contribution in [-0.4, -0.2) is 33.5 Å². The standard InChI is InChI=1S/C20H15ClF3N3O5/c21-17-7-12(1-6-16(17)13-2-4-14(5-3-13)32-20(22,23)24)10-30-15-8-26-9-18(27(28)29)25-19(26)31-11-15/h1-7,9,15H,8,10-11H2/t15-/m0/s1. The lowest BCUT2D eigenvalue weighted by Gasteiger charge is -2.22. The number of imidazole rings is 1. The van der Waals surface area contributed by atoms with Crippen molar-refractivity contribution < 1.29 is 32.3 Å². The highest BCUT2D eigenvalue weighted by Crippen LogP contribution is 2.32. The molecule has 0 aliphatic carbocycles. The summed E-state index contributed by atoms with van der Waals surface area (Å²) in [5.74, 6) is -0.607. The van der Waals surface area contributed by atoms with Gasteiger partial charge in [-0.05, 0) is 34.2 Å². The van der Waals surface area contributed by atoms with Gasteiger partial charge >= 0.3 is 18.2 Å². The summed E-state index contributed by atoms with van der Waals surface area (Å²) in [5.41, 5.74) is 2.05. The number of nitro groups is 1. The zero-order valence-corrected chi connectivity index (χ0v) is 17.0. The molecule has 1 atom stereocenters. The third kappa shape index (κ3) is 5.11. The van der Waals surface area contributed by atoms with Crippen LogP contribution in [0.3, 0.4) is 0 Å². The number of hydrogen-bond acceptors (Lipinski definition) is 6. The van der Waals surface area contributed by atoms with Crippen molar-refractivity contribution in [2.24, 2.45) is 0 Å². The number of halogens is 4. The molecule has 0 N–H and O–H groups in total. The minimum atomic E-state index is -4.75. The first-order valence-corrected chi connectivity index (χ1v) is 9.66. The Bertz CT molecular complexity index is 1130. The zero-order chi connectivity index (χ0) is 22.9. The molecule has 8 nitrogen and oxygen atoms in total. The van der Waals surface area contributed by atoms with Crippen molar-refractivity contribution >= 4 is 17.4 Å². The number of ether oxygens (including phenoxy) is 3. The second-order valence-electron chi connectivity index (χ2n) is 6.92. The summed E-state index contributed by atoms with van der Waals surface area (Å²) < 4.78 is 53.5. The smallest absolute Gasteiger partial charge is 0.443 e. The molecule has 1 aromatic heterocycles. The molecule has 0 fully saturated rings. The molecule has 1 aliphatic heterocycles. The van der Waals surface area contributed by atoms with E-state index in [4.69, 9.17) is 21.1 Å². The molecule has 2 aromatic carbocycles. The zero-order valence-electron chi connectivity index (χ0n) is 16.2. The Morgan fingerprint density at radius 3 is 2.66 bits per heavy atom. The molecule has 0 amide bonds. The monoisotopic (exact) mass is 469 g/mol. The highest BCUT2D eigenvalue weighted by Gasteiger charge is 2.31. The third-order valence-electron chi connectivity index (χ3n) is 4.63. The van der Waals surface area contributed by atoms with Gasteiger partial charge in [-0.25, -0.2) is 0 Å². The lowest BCUT2D eigenvalue weighted by molar-refractivity contribution is -0.389. The van der Waals surface area contributed by atoms with E-state index in [1.165, 1.54) is 35.0 Å². The summed E-state index contributed by atoms with van der Waals surface area (Å²) >= 11 is 6.36. The fourth-order valence-corrected chi connectivity index (χ4v) is 3.51. The molecule has 0 bridgehead atoms. The quantitative estimate of drug-likeness (QED) is 0.373. The normalized spacial score (nSPS) is 15.7. The van der Waals surface area contributed by atoms with Gasteiger partial charge in [-0.3, -0.25) is 4.57 Å². The molecule has 0 saturated heterocycles. The molecule has 32 heavy (non-hydrogen) atoms. The van der Waals surface area contributed by atoms with Crippen LogP contribution in [0, 0.1) is 10.1 Å². The van der Waals surface area contributed by atoms with Crippen LogP contribution in [-0.2, 0) is 17.9 Å². The number of aromatic nitrogens is 2. The van der Waals surface area contributed by atoms with Crippen molar-refractivity contribution in [2.75, 3.05) is 6.61 Å². The molecule has 0 radical (unpaired) electrons. The van der Waals surface area contributed by atoms with Crippen LogP contribution in [0.5, 0.6) is 11.8 Å². The van der Waals surface area contributed by atoms with Gasteiger partial charge in [0.25, 0.3) is 0 Å². The van der Waals surface area contributed by atoms with Gasteiger partial charge in [-0.2, -0.15) is 0 Å². The molecular weight excluding hydrogens is 455 g/mol. The van der Waals surface area contributed by atoms with Crippen LogP contribution in [0.25, 0.3) is 11.1 Å². The summed E-state index contributed by atoms with van der Waals surface area (Å²) in [6, 6.07) is 10.8. The molecule has 0 spiro atoms. The van der Waals surface area contributed by atoms with Gasteiger partial charge in [0, 0.05) is 15.6 Å². The van der Waals surface area contributed by atoms with E-state index in [9.17, 15) is 23.3 Å². The summed E-state index contributed by atoms with van der Waals surface area (Å²) in [5, 5.41) is 11.2.